The Morgan fingerprint density at radius 3 is 2.67 bits per heavy atom. The highest BCUT2D eigenvalue weighted by Crippen LogP contribution is 2.31. The van der Waals surface area contributed by atoms with E-state index in [1.807, 2.05) is 11.0 Å². The summed E-state index contributed by atoms with van der Waals surface area (Å²) in [7, 11) is 0. The monoisotopic (exact) mass is 372 g/mol. The van der Waals surface area contributed by atoms with Crippen LogP contribution in [0.25, 0.3) is 0 Å². The predicted molar refractivity (Wildman–Crippen MR) is 90.5 cm³/mol. The number of hydrogen-bond acceptors (Lipinski definition) is 2. The van der Waals surface area contributed by atoms with E-state index in [1.54, 1.807) is 0 Å². The molecule has 1 aliphatic carbocycles. The first-order chi connectivity index (χ1) is 9.60. The number of halogens is 2. The van der Waals surface area contributed by atoms with E-state index in [-0.39, 0.29) is 18.3 Å². The molecule has 0 aromatic heterocycles. The van der Waals surface area contributed by atoms with Crippen molar-refractivity contribution in [3.63, 3.8) is 0 Å². The van der Waals surface area contributed by atoms with Crippen molar-refractivity contribution in [3.8, 4) is 0 Å². The van der Waals surface area contributed by atoms with Crippen LogP contribution in [-0.4, -0.2) is 22.9 Å². The van der Waals surface area contributed by atoms with Gasteiger partial charge in [-0.2, -0.15) is 0 Å². The van der Waals surface area contributed by atoms with Gasteiger partial charge in [0.2, 0.25) is 5.91 Å². The summed E-state index contributed by atoms with van der Waals surface area (Å²) in [5, 5.41) is 0. The molecule has 3 nitrogen and oxygen atoms in total. The van der Waals surface area contributed by atoms with Crippen LogP contribution in [0, 0.1) is 0 Å². The molecule has 2 aliphatic rings. The molecule has 3 rings (SSSR count). The van der Waals surface area contributed by atoms with Gasteiger partial charge in [0.15, 0.2) is 0 Å². The van der Waals surface area contributed by atoms with Crippen LogP contribution >= 0.6 is 28.3 Å². The summed E-state index contributed by atoms with van der Waals surface area (Å²) in [4.78, 5) is 14.7. The van der Waals surface area contributed by atoms with Crippen molar-refractivity contribution in [2.24, 2.45) is 5.73 Å². The smallest absolute Gasteiger partial charge is 0.242 e. The van der Waals surface area contributed by atoms with Crippen LogP contribution in [0.5, 0.6) is 0 Å². The first-order valence-electron chi connectivity index (χ1n) is 7.45. The normalized spacial score (nSPS) is 20.4. The second kappa shape index (κ2) is 6.67. The third-order valence-corrected chi connectivity index (χ3v) is 5.41. The largest absolute Gasteiger partial charge is 0.336 e. The molecule has 1 aromatic carbocycles. The third-order valence-electron chi connectivity index (χ3n) is 4.67. The summed E-state index contributed by atoms with van der Waals surface area (Å²) < 4.78 is 1.15. The number of nitrogens with zero attached hydrogens (tertiary/aromatic N) is 1. The quantitative estimate of drug-likeness (QED) is 0.820. The highest BCUT2D eigenvalue weighted by atomic mass is 79.9. The lowest BCUT2D eigenvalue weighted by atomic mass is 9.81. The highest BCUT2D eigenvalue weighted by molar-refractivity contribution is 9.10. The molecule has 1 aromatic rings. The summed E-state index contributed by atoms with van der Waals surface area (Å²) in [6.45, 7) is 1.49. The number of benzene rings is 1. The van der Waals surface area contributed by atoms with Gasteiger partial charge in [-0.15, -0.1) is 12.4 Å². The average molecular weight is 374 g/mol. The highest BCUT2D eigenvalue weighted by Gasteiger charge is 2.39. The molecule has 0 bridgehead atoms. The molecule has 21 heavy (non-hydrogen) atoms. The van der Waals surface area contributed by atoms with Crippen molar-refractivity contribution in [1.82, 2.24) is 4.90 Å². The summed E-state index contributed by atoms with van der Waals surface area (Å²) in [6, 6.07) is 6.22. The van der Waals surface area contributed by atoms with Gasteiger partial charge >= 0.3 is 0 Å². The van der Waals surface area contributed by atoms with Crippen LogP contribution in [-0.2, 0) is 17.8 Å². The second-order valence-electron chi connectivity index (χ2n) is 6.07. The fraction of sp³-hybridized carbons (Fsp3) is 0.562. The summed E-state index contributed by atoms with van der Waals surface area (Å²) in [5.41, 5.74) is 8.36. The molecule has 116 valence electrons. The summed E-state index contributed by atoms with van der Waals surface area (Å²) in [6.07, 6.45) is 5.97. The van der Waals surface area contributed by atoms with E-state index < -0.39 is 5.54 Å². The van der Waals surface area contributed by atoms with Gasteiger partial charge in [-0.3, -0.25) is 4.79 Å². The third kappa shape index (κ3) is 3.27. The van der Waals surface area contributed by atoms with Crippen LogP contribution in [0.15, 0.2) is 22.7 Å². The summed E-state index contributed by atoms with van der Waals surface area (Å²) in [5.74, 6) is 0.155. The number of fused-ring (bicyclic) bond motifs is 1. The fourth-order valence-corrected chi connectivity index (χ4v) is 4.05. The molecule has 1 fully saturated rings. The van der Waals surface area contributed by atoms with E-state index in [1.165, 1.54) is 17.5 Å². The van der Waals surface area contributed by atoms with E-state index in [2.05, 4.69) is 28.1 Å². The maximum absolute atomic E-state index is 12.8. The minimum atomic E-state index is -0.609. The van der Waals surface area contributed by atoms with Gasteiger partial charge in [-0.05, 0) is 36.5 Å². The van der Waals surface area contributed by atoms with Crippen LogP contribution in [0.3, 0.4) is 0 Å². The molecule has 0 radical (unpaired) electrons. The second-order valence-corrected chi connectivity index (χ2v) is 6.93. The number of rotatable bonds is 1. The standard InChI is InChI=1S/C16H21BrN2O.ClH/c17-14-6-4-5-12-11-19(10-7-13(12)14)15(20)16(18)8-2-1-3-9-16;/h4-6H,1-3,7-11,18H2;1H. The Morgan fingerprint density at radius 1 is 1.24 bits per heavy atom. The molecule has 1 aliphatic heterocycles. The molecule has 0 saturated heterocycles. The first kappa shape index (κ1) is 16.8. The van der Waals surface area contributed by atoms with Crippen LogP contribution in [0.2, 0.25) is 0 Å². The Bertz CT molecular complexity index is 529. The van der Waals surface area contributed by atoms with Gasteiger partial charge in [-0.25, -0.2) is 0 Å². The molecule has 0 unspecified atom stereocenters. The van der Waals surface area contributed by atoms with Gasteiger partial charge in [-0.1, -0.05) is 47.3 Å². The lowest BCUT2D eigenvalue weighted by Gasteiger charge is -2.39. The SMILES string of the molecule is Cl.NC1(C(=O)N2CCc3c(Br)cccc3C2)CCCCC1. The molecule has 2 N–H and O–H groups in total. The Morgan fingerprint density at radius 2 is 1.95 bits per heavy atom. The van der Waals surface area contributed by atoms with Gasteiger partial charge < -0.3 is 10.6 Å². The van der Waals surface area contributed by atoms with Crippen LogP contribution < -0.4 is 5.73 Å². The average Bonchev–Trinajstić information content (AvgIpc) is 2.47. The fourth-order valence-electron chi connectivity index (χ4n) is 3.45. The van der Waals surface area contributed by atoms with Crippen molar-refractivity contribution in [2.75, 3.05) is 6.54 Å². The van der Waals surface area contributed by atoms with Crippen LogP contribution in [0.4, 0.5) is 0 Å². The number of amides is 1. The number of carbonyl (C=O) groups is 1. The molecule has 0 atom stereocenters. The summed E-state index contributed by atoms with van der Waals surface area (Å²) >= 11 is 3.60. The topological polar surface area (TPSA) is 46.3 Å². The predicted octanol–water partition coefficient (Wildman–Crippen LogP) is 3.42. The van der Waals surface area contributed by atoms with E-state index >= 15 is 0 Å². The van der Waals surface area contributed by atoms with E-state index in [4.69, 9.17) is 5.73 Å². The first-order valence-corrected chi connectivity index (χ1v) is 8.24. The van der Waals surface area contributed by atoms with Crippen LogP contribution in [0.1, 0.15) is 43.2 Å². The van der Waals surface area contributed by atoms with Crippen molar-refractivity contribution < 1.29 is 4.79 Å². The Balaban J connectivity index is 0.00000161. The lowest BCUT2D eigenvalue weighted by molar-refractivity contribution is -0.139. The number of hydrogen-bond donors (Lipinski definition) is 1. The molecule has 0 spiro atoms. The molecular weight excluding hydrogens is 352 g/mol. The molecule has 1 heterocycles. The van der Waals surface area contributed by atoms with Crippen molar-refractivity contribution in [3.05, 3.63) is 33.8 Å². The van der Waals surface area contributed by atoms with Gasteiger partial charge in [0.1, 0.15) is 0 Å². The van der Waals surface area contributed by atoms with Gasteiger partial charge in [0, 0.05) is 17.6 Å². The molecule has 1 amide bonds. The van der Waals surface area contributed by atoms with E-state index in [9.17, 15) is 4.79 Å². The van der Waals surface area contributed by atoms with Gasteiger partial charge in [0.25, 0.3) is 0 Å². The maximum atomic E-state index is 12.8. The zero-order valence-corrected chi connectivity index (χ0v) is 14.5. The number of carbonyl (C=O) groups excluding carboxylic acids is 1. The van der Waals surface area contributed by atoms with Crippen molar-refractivity contribution in [2.45, 2.75) is 50.6 Å². The zero-order chi connectivity index (χ0) is 14.2. The lowest BCUT2D eigenvalue weighted by Crippen LogP contribution is -2.57. The Labute approximate surface area is 140 Å². The molecule has 5 heteroatoms. The number of nitrogens with two attached hydrogens (primary N) is 1. The van der Waals surface area contributed by atoms with Crippen molar-refractivity contribution >= 4 is 34.2 Å². The minimum absolute atomic E-state index is 0. The molecule has 1 saturated carbocycles. The maximum Gasteiger partial charge on any atom is 0.242 e. The molecular formula is C16H22BrClN2O. The zero-order valence-electron chi connectivity index (χ0n) is 12.1. The van der Waals surface area contributed by atoms with E-state index in [0.29, 0.717) is 6.54 Å². The minimum Gasteiger partial charge on any atom is -0.336 e. The van der Waals surface area contributed by atoms with Crippen molar-refractivity contribution in [1.29, 1.82) is 0 Å². The Kier molecular flexibility index (Phi) is 5.33. The Hall–Kier alpha value is -0.580. The van der Waals surface area contributed by atoms with Gasteiger partial charge in [0.05, 0.1) is 5.54 Å². The van der Waals surface area contributed by atoms with E-state index in [0.717, 1.165) is 43.1 Å².